The first-order chi connectivity index (χ1) is 19.4. The maximum absolute atomic E-state index is 13.7. The molecule has 2 N–H and O–H groups in total. The predicted octanol–water partition coefficient (Wildman–Crippen LogP) is 4.25. The van der Waals surface area contributed by atoms with Crippen molar-refractivity contribution in [1.82, 2.24) is 4.90 Å². The van der Waals surface area contributed by atoms with Crippen molar-refractivity contribution in [3.05, 3.63) is 24.0 Å². The summed E-state index contributed by atoms with van der Waals surface area (Å²) < 4.78 is 11.5. The Balaban J connectivity index is 1.73. The first kappa shape index (κ1) is 33.0. The number of Topliss-reactive ketones (excluding diaryl/α,β-unsaturated/α-hetero) is 1. The molecule has 2 fully saturated rings. The van der Waals surface area contributed by atoms with E-state index in [1.54, 1.807) is 26.0 Å². The number of nitrogens with zero attached hydrogens (tertiary/aromatic N) is 1. The van der Waals surface area contributed by atoms with Gasteiger partial charge in [0.05, 0.1) is 18.8 Å². The largest absolute Gasteiger partial charge is 0.470 e. The molecule has 230 valence electrons. The summed E-state index contributed by atoms with van der Waals surface area (Å²) in [5.41, 5.74) is 0.470. The standard InChI is InChI=1S/C32H49NO8/c1-21(20-34)16-22(2)28(36)18-29(23(3)17-25-10-12-26(35)13-11-25)41-31(38)27-9-5-6-14-33(27)30(37)19-32(39)24(4)8-7-15-40-32/h7,15-16,20,22-27,29,35,39H,5-6,8-14,17-19H2,1-4H3/b21-16+/t22-,23-,24-,25?,26?,27+,29+,32+/m1/s1. The van der Waals surface area contributed by atoms with E-state index in [-0.39, 0.29) is 42.5 Å². The molecule has 2 heterocycles. The van der Waals surface area contributed by atoms with Crippen LogP contribution in [0.5, 0.6) is 0 Å². The molecule has 0 bridgehead atoms. The minimum absolute atomic E-state index is 0.0180. The second-order valence-electron chi connectivity index (χ2n) is 12.6. The van der Waals surface area contributed by atoms with Crippen molar-refractivity contribution in [1.29, 1.82) is 0 Å². The fraction of sp³-hybridized carbons (Fsp3) is 0.750. The highest BCUT2D eigenvalue weighted by Crippen LogP contribution is 2.34. The van der Waals surface area contributed by atoms with E-state index in [2.05, 4.69) is 0 Å². The summed E-state index contributed by atoms with van der Waals surface area (Å²) in [6.45, 7) is 7.57. The van der Waals surface area contributed by atoms with Crippen molar-refractivity contribution >= 4 is 23.9 Å². The zero-order valence-electron chi connectivity index (χ0n) is 25.1. The lowest BCUT2D eigenvalue weighted by atomic mass is 9.79. The van der Waals surface area contributed by atoms with Gasteiger partial charge in [0.15, 0.2) is 0 Å². The second-order valence-corrected chi connectivity index (χ2v) is 12.6. The van der Waals surface area contributed by atoms with Gasteiger partial charge >= 0.3 is 5.97 Å². The van der Waals surface area contributed by atoms with Gasteiger partial charge < -0.3 is 24.6 Å². The molecule has 9 heteroatoms. The number of ketones is 1. The molecule has 1 aliphatic carbocycles. The monoisotopic (exact) mass is 575 g/mol. The van der Waals surface area contributed by atoms with Crippen LogP contribution < -0.4 is 0 Å². The third-order valence-electron chi connectivity index (χ3n) is 9.16. The first-order valence-electron chi connectivity index (χ1n) is 15.3. The second kappa shape index (κ2) is 15.1. The summed E-state index contributed by atoms with van der Waals surface area (Å²) in [6.07, 6.45) is 11.0. The molecule has 3 rings (SSSR count). The lowest BCUT2D eigenvalue weighted by Crippen LogP contribution is -2.53. The molecule has 41 heavy (non-hydrogen) atoms. The summed E-state index contributed by atoms with van der Waals surface area (Å²) in [7, 11) is 0. The van der Waals surface area contributed by atoms with E-state index in [1.165, 1.54) is 11.2 Å². The van der Waals surface area contributed by atoms with E-state index < -0.39 is 29.8 Å². The van der Waals surface area contributed by atoms with Gasteiger partial charge in [-0.05, 0) is 88.2 Å². The number of likely N-dealkylation sites (tertiary alicyclic amines) is 1. The van der Waals surface area contributed by atoms with Gasteiger partial charge in [0, 0.05) is 24.8 Å². The first-order valence-corrected chi connectivity index (χ1v) is 15.3. The zero-order chi connectivity index (χ0) is 30.2. The smallest absolute Gasteiger partial charge is 0.329 e. The topological polar surface area (TPSA) is 130 Å². The van der Waals surface area contributed by atoms with E-state index in [4.69, 9.17) is 9.47 Å². The average molecular weight is 576 g/mol. The molecule has 9 nitrogen and oxygen atoms in total. The number of carbonyl (C=O) groups excluding carboxylic acids is 4. The summed E-state index contributed by atoms with van der Waals surface area (Å²) in [5, 5.41) is 20.9. The third-order valence-corrected chi connectivity index (χ3v) is 9.16. The van der Waals surface area contributed by atoms with E-state index in [0.29, 0.717) is 37.2 Å². The molecule has 2 aliphatic heterocycles. The molecule has 0 unspecified atom stereocenters. The Morgan fingerprint density at radius 2 is 1.85 bits per heavy atom. The van der Waals surface area contributed by atoms with Crippen molar-refractivity contribution in [2.75, 3.05) is 6.54 Å². The zero-order valence-corrected chi connectivity index (χ0v) is 25.1. The Labute approximate surface area is 244 Å². The summed E-state index contributed by atoms with van der Waals surface area (Å²) in [6, 6.07) is -0.793. The number of carbonyl (C=O) groups is 4. The molecule has 0 aromatic heterocycles. The van der Waals surface area contributed by atoms with E-state index in [1.807, 2.05) is 13.8 Å². The number of amides is 1. The third kappa shape index (κ3) is 9.23. The van der Waals surface area contributed by atoms with Gasteiger partial charge in [0.1, 0.15) is 24.2 Å². The number of piperidine rings is 1. The van der Waals surface area contributed by atoms with Crippen molar-refractivity contribution < 1.29 is 38.9 Å². The number of ether oxygens (including phenoxy) is 2. The van der Waals surface area contributed by atoms with E-state index >= 15 is 0 Å². The van der Waals surface area contributed by atoms with Crippen LogP contribution in [0.4, 0.5) is 0 Å². The summed E-state index contributed by atoms with van der Waals surface area (Å²) in [4.78, 5) is 52.8. The molecule has 3 aliphatic rings. The number of esters is 1. The fourth-order valence-corrected chi connectivity index (χ4v) is 6.29. The lowest BCUT2D eigenvalue weighted by Gasteiger charge is -2.39. The SMILES string of the molecule is C/C(C=O)=C\[C@@H](C)C(=O)C[C@H](OC(=O)[C@@H]1CCCCN1C(=O)C[C@]1(O)OC=CC[C@H]1C)[C@H](C)CC1CCC(O)CC1. The van der Waals surface area contributed by atoms with Crippen molar-refractivity contribution in [2.45, 2.75) is 122 Å². The molecular formula is C32H49NO8. The molecule has 0 radical (unpaired) electrons. The lowest BCUT2D eigenvalue weighted by molar-refractivity contribution is -0.215. The van der Waals surface area contributed by atoms with Crippen LogP contribution >= 0.6 is 0 Å². The summed E-state index contributed by atoms with van der Waals surface area (Å²) in [5.74, 6) is -3.15. The molecular weight excluding hydrogens is 526 g/mol. The van der Waals surface area contributed by atoms with Gasteiger partial charge in [-0.15, -0.1) is 0 Å². The number of aliphatic hydroxyl groups excluding tert-OH is 1. The molecule has 0 spiro atoms. The minimum atomic E-state index is -1.63. The highest BCUT2D eigenvalue weighted by Gasteiger charge is 2.43. The molecule has 0 aromatic carbocycles. The van der Waals surface area contributed by atoms with Crippen LogP contribution in [0.3, 0.4) is 0 Å². The number of aliphatic hydroxyl groups is 2. The van der Waals surface area contributed by atoms with Crippen LogP contribution in [-0.4, -0.2) is 69.6 Å². The maximum atomic E-state index is 13.7. The summed E-state index contributed by atoms with van der Waals surface area (Å²) >= 11 is 0. The molecule has 6 atom stereocenters. The fourth-order valence-electron chi connectivity index (χ4n) is 6.29. The molecule has 0 aromatic rings. The van der Waals surface area contributed by atoms with Crippen LogP contribution in [-0.2, 0) is 28.7 Å². The van der Waals surface area contributed by atoms with Crippen molar-refractivity contribution in [2.24, 2.45) is 23.7 Å². The Morgan fingerprint density at radius 1 is 1.15 bits per heavy atom. The van der Waals surface area contributed by atoms with Crippen molar-refractivity contribution in [3.8, 4) is 0 Å². The number of allylic oxidation sites excluding steroid dienone is 3. The van der Waals surface area contributed by atoms with Gasteiger partial charge in [-0.1, -0.05) is 26.8 Å². The van der Waals surface area contributed by atoms with Gasteiger partial charge in [0.25, 0.3) is 0 Å². The number of hydrogen-bond donors (Lipinski definition) is 2. The van der Waals surface area contributed by atoms with E-state index in [9.17, 15) is 29.4 Å². The average Bonchev–Trinajstić information content (AvgIpc) is 2.95. The Hall–Kier alpha value is -2.52. The number of rotatable bonds is 12. The molecule has 1 saturated carbocycles. The number of aldehydes is 1. The van der Waals surface area contributed by atoms with Crippen LogP contribution in [0, 0.1) is 23.7 Å². The van der Waals surface area contributed by atoms with Crippen LogP contribution in [0.25, 0.3) is 0 Å². The Kier molecular flexibility index (Phi) is 12.1. The van der Waals surface area contributed by atoms with Gasteiger partial charge in [0.2, 0.25) is 11.7 Å². The quantitative estimate of drug-likeness (QED) is 0.201. The van der Waals surface area contributed by atoms with Crippen LogP contribution in [0.1, 0.15) is 98.3 Å². The van der Waals surface area contributed by atoms with E-state index in [0.717, 1.165) is 44.9 Å². The van der Waals surface area contributed by atoms with Crippen molar-refractivity contribution in [3.63, 3.8) is 0 Å². The molecule has 1 saturated heterocycles. The Morgan fingerprint density at radius 3 is 2.51 bits per heavy atom. The molecule has 1 amide bonds. The van der Waals surface area contributed by atoms with Gasteiger partial charge in [-0.25, -0.2) is 4.79 Å². The maximum Gasteiger partial charge on any atom is 0.329 e. The normalized spacial score (nSPS) is 31.0. The Bertz CT molecular complexity index is 984. The minimum Gasteiger partial charge on any atom is -0.470 e. The highest BCUT2D eigenvalue weighted by molar-refractivity contribution is 5.87. The number of hydrogen-bond acceptors (Lipinski definition) is 8. The highest BCUT2D eigenvalue weighted by atomic mass is 16.6. The van der Waals surface area contributed by atoms with Crippen LogP contribution in [0.2, 0.25) is 0 Å². The van der Waals surface area contributed by atoms with Gasteiger partial charge in [-0.3, -0.25) is 14.4 Å². The predicted molar refractivity (Wildman–Crippen MR) is 153 cm³/mol. The van der Waals surface area contributed by atoms with Crippen LogP contribution in [0.15, 0.2) is 24.0 Å². The van der Waals surface area contributed by atoms with Gasteiger partial charge in [-0.2, -0.15) is 0 Å².